The van der Waals surface area contributed by atoms with Gasteiger partial charge in [0.2, 0.25) is 0 Å². The highest BCUT2D eigenvalue weighted by Crippen LogP contribution is 2.13. The van der Waals surface area contributed by atoms with Crippen LogP contribution in [-0.4, -0.2) is 15.2 Å². The average molecular weight is 177 g/mol. The quantitative estimate of drug-likeness (QED) is 0.540. The second-order valence-corrected chi connectivity index (χ2v) is 2.40. The Morgan fingerprint density at radius 2 is 1.15 bits per heavy atom. The fraction of sp³-hybridized carbons (Fsp3) is 0. The van der Waals surface area contributed by atoms with E-state index >= 15 is 0 Å². The average Bonchev–Trinajstić information content (AvgIpc) is 2.68. The van der Waals surface area contributed by atoms with E-state index in [2.05, 4.69) is 4.98 Å². The number of benzene rings is 1. The molecule has 3 heteroatoms. The first-order chi connectivity index (χ1) is 6.29. The van der Waals surface area contributed by atoms with Crippen LogP contribution in [0.4, 0.5) is 0 Å². The number of hydrogen-bond donors (Lipinski definition) is 3. The van der Waals surface area contributed by atoms with Crippen molar-refractivity contribution in [2.75, 3.05) is 0 Å². The summed E-state index contributed by atoms with van der Waals surface area (Å²) in [6, 6.07) is 9.59. The van der Waals surface area contributed by atoms with Crippen molar-refractivity contribution < 1.29 is 10.2 Å². The largest absolute Gasteiger partial charge is 0.508 e. The highest BCUT2D eigenvalue weighted by atomic mass is 16.3. The van der Waals surface area contributed by atoms with E-state index in [0.29, 0.717) is 0 Å². The van der Waals surface area contributed by atoms with Crippen molar-refractivity contribution in [3.8, 4) is 11.5 Å². The smallest absolute Gasteiger partial charge is 0.115 e. The van der Waals surface area contributed by atoms with Gasteiger partial charge in [0.25, 0.3) is 0 Å². The SMILES string of the molecule is Oc1ccc(O)cc1.c1cc[nH]c1. The molecule has 0 spiro atoms. The van der Waals surface area contributed by atoms with Gasteiger partial charge < -0.3 is 15.2 Å². The molecule has 0 fully saturated rings. The predicted octanol–water partition coefficient (Wildman–Crippen LogP) is 2.11. The molecular formula is C10H11NO2. The lowest BCUT2D eigenvalue weighted by Crippen LogP contribution is -1.61. The molecule has 0 saturated heterocycles. The van der Waals surface area contributed by atoms with Gasteiger partial charge in [-0.1, -0.05) is 0 Å². The lowest BCUT2D eigenvalue weighted by atomic mass is 10.3. The van der Waals surface area contributed by atoms with Crippen molar-refractivity contribution in [1.29, 1.82) is 0 Å². The third kappa shape index (κ3) is 3.86. The summed E-state index contributed by atoms with van der Waals surface area (Å²) in [4.78, 5) is 2.86. The van der Waals surface area contributed by atoms with E-state index in [1.807, 2.05) is 24.5 Å². The van der Waals surface area contributed by atoms with E-state index in [4.69, 9.17) is 10.2 Å². The predicted molar refractivity (Wildman–Crippen MR) is 50.6 cm³/mol. The minimum absolute atomic E-state index is 0.169. The van der Waals surface area contributed by atoms with Crippen LogP contribution in [0.25, 0.3) is 0 Å². The second kappa shape index (κ2) is 4.87. The van der Waals surface area contributed by atoms with Crippen LogP contribution in [0.1, 0.15) is 0 Å². The Morgan fingerprint density at radius 3 is 1.38 bits per heavy atom. The second-order valence-electron chi connectivity index (χ2n) is 2.40. The molecular weight excluding hydrogens is 166 g/mol. The van der Waals surface area contributed by atoms with Gasteiger partial charge in [0.1, 0.15) is 11.5 Å². The number of phenols is 2. The zero-order chi connectivity index (χ0) is 9.52. The maximum absolute atomic E-state index is 8.65. The molecule has 3 N–H and O–H groups in total. The number of phenolic OH excluding ortho intramolecular Hbond substituents is 2. The first-order valence-corrected chi connectivity index (χ1v) is 3.85. The molecule has 1 aromatic heterocycles. The van der Waals surface area contributed by atoms with Crippen molar-refractivity contribution in [3.63, 3.8) is 0 Å². The van der Waals surface area contributed by atoms with Crippen molar-refractivity contribution in [1.82, 2.24) is 4.98 Å². The maximum Gasteiger partial charge on any atom is 0.115 e. The number of hydrogen-bond acceptors (Lipinski definition) is 2. The van der Waals surface area contributed by atoms with E-state index in [0.717, 1.165) is 0 Å². The fourth-order valence-corrected chi connectivity index (χ4v) is 0.730. The Bertz CT molecular complexity index is 275. The summed E-state index contributed by atoms with van der Waals surface area (Å²) in [6.07, 6.45) is 3.75. The van der Waals surface area contributed by atoms with Gasteiger partial charge in [0.05, 0.1) is 0 Å². The van der Waals surface area contributed by atoms with Gasteiger partial charge >= 0.3 is 0 Å². The molecule has 0 amide bonds. The molecule has 2 rings (SSSR count). The number of aromatic nitrogens is 1. The van der Waals surface area contributed by atoms with Crippen LogP contribution >= 0.6 is 0 Å². The van der Waals surface area contributed by atoms with Crippen LogP contribution < -0.4 is 0 Å². The van der Waals surface area contributed by atoms with E-state index in [1.54, 1.807) is 0 Å². The van der Waals surface area contributed by atoms with Crippen LogP contribution in [0.15, 0.2) is 48.8 Å². The molecule has 13 heavy (non-hydrogen) atoms. The molecule has 0 aliphatic heterocycles. The van der Waals surface area contributed by atoms with Gasteiger partial charge in [-0.15, -0.1) is 0 Å². The molecule has 0 aliphatic carbocycles. The fourth-order valence-electron chi connectivity index (χ4n) is 0.730. The molecule has 0 atom stereocenters. The molecule has 0 radical (unpaired) electrons. The molecule has 0 bridgehead atoms. The summed E-state index contributed by atoms with van der Waals surface area (Å²) in [5, 5.41) is 17.3. The molecule has 1 heterocycles. The third-order valence-electron chi connectivity index (χ3n) is 1.35. The lowest BCUT2D eigenvalue weighted by Gasteiger charge is -1.88. The van der Waals surface area contributed by atoms with E-state index < -0.39 is 0 Å². The summed E-state index contributed by atoms with van der Waals surface area (Å²) in [6.45, 7) is 0. The van der Waals surface area contributed by atoms with Gasteiger partial charge in [-0.25, -0.2) is 0 Å². The molecule has 1 aromatic carbocycles. The Balaban J connectivity index is 0.000000145. The van der Waals surface area contributed by atoms with Crippen molar-refractivity contribution >= 4 is 0 Å². The summed E-state index contributed by atoms with van der Waals surface area (Å²) >= 11 is 0. The Kier molecular flexibility index (Phi) is 3.45. The summed E-state index contributed by atoms with van der Waals surface area (Å²) in [7, 11) is 0. The number of rotatable bonds is 0. The Hall–Kier alpha value is -1.90. The minimum Gasteiger partial charge on any atom is -0.508 e. The monoisotopic (exact) mass is 177 g/mol. The number of aromatic hydroxyl groups is 2. The number of aromatic amines is 1. The third-order valence-corrected chi connectivity index (χ3v) is 1.35. The van der Waals surface area contributed by atoms with E-state index in [1.165, 1.54) is 24.3 Å². The summed E-state index contributed by atoms with van der Waals surface area (Å²) in [5.41, 5.74) is 0. The minimum atomic E-state index is 0.169. The van der Waals surface area contributed by atoms with Crippen LogP contribution in [0, 0.1) is 0 Å². The Morgan fingerprint density at radius 1 is 0.769 bits per heavy atom. The van der Waals surface area contributed by atoms with Crippen molar-refractivity contribution in [2.45, 2.75) is 0 Å². The lowest BCUT2D eigenvalue weighted by molar-refractivity contribution is 0.460. The topological polar surface area (TPSA) is 56.2 Å². The van der Waals surface area contributed by atoms with Gasteiger partial charge in [0, 0.05) is 12.4 Å². The first kappa shape index (κ1) is 9.19. The first-order valence-electron chi connectivity index (χ1n) is 3.85. The molecule has 0 saturated carbocycles. The van der Waals surface area contributed by atoms with Crippen LogP contribution in [0.5, 0.6) is 11.5 Å². The molecule has 0 unspecified atom stereocenters. The van der Waals surface area contributed by atoms with Gasteiger partial charge in [-0.05, 0) is 36.4 Å². The normalized spacial score (nSPS) is 8.62. The zero-order valence-corrected chi connectivity index (χ0v) is 7.01. The highest BCUT2D eigenvalue weighted by molar-refractivity contribution is 5.28. The summed E-state index contributed by atoms with van der Waals surface area (Å²) in [5.74, 6) is 0.339. The van der Waals surface area contributed by atoms with E-state index in [-0.39, 0.29) is 11.5 Å². The zero-order valence-electron chi connectivity index (χ0n) is 7.01. The van der Waals surface area contributed by atoms with E-state index in [9.17, 15) is 0 Å². The molecule has 3 nitrogen and oxygen atoms in total. The maximum atomic E-state index is 8.65. The number of H-pyrrole nitrogens is 1. The number of nitrogens with one attached hydrogen (secondary N) is 1. The van der Waals surface area contributed by atoms with Crippen LogP contribution in [0.3, 0.4) is 0 Å². The van der Waals surface area contributed by atoms with Crippen molar-refractivity contribution in [3.05, 3.63) is 48.8 Å². The highest BCUT2D eigenvalue weighted by Gasteiger charge is 1.84. The standard InChI is InChI=1S/C6H6O2.C4H5N/c7-5-1-2-6(8)4-3-5;1-2-4-5-3-1/h1-4,7-8H;1-5H. The van der Waals surface area contributed by atoms with Crippen LogP contribution in [0.2, 0.25) is 0 Å². The Labute approximate surface area is 76.3 Å². The van der Waals surface area contributed by atoms with Gasteiger partial charge in [0.15, 0.2) is 0 Å². The van der Waals surface area contributed by atoms with Gasteiger partial charge in [-0.3, -0.25) is 0 Å². The summed E-state index contributed by atoms with van der Waals surface area (Å²) < 4.78 is 0. The van der Waals surface area contributed by atoms with Crippen LogP contribution in [-0.2, 0) is 0 Å². The van der Waals surface area contributed by atoms with Crippen molar-refractivity contribution in [2.24, 2.45) is 0 Å². The molecule has 2 aromatic rings. The molecule has 68 valence electrons. The van der Waals surface area contributed by atoms with Gasteiger partial charge in [-0.2, -0.15) is 0 Å². The molecule has 0 aliphatic rings.